The molecule has 0 amide bonds. The van der Waals surface area contributed by atoms with Crippen molar-refractivity contribution in [3.8, 4) is 16.9 Å². The molecule has 4 N–H and O–H groups in total. The summed E-state index contributed by atoms with van der Waals surface area (Å²) >= 11 is 0. The molecule has 10 nitrogen and oxygen atoms in total. The van der Waals surface area contributed by atoms with Gasteiger partial charge in [-0.25, -0.2) is 14.6 Å². The van der Waals surface area contributed by atoms with E-state index in [0.29, 0.717) is 39.0 Å². The number of para-hydroxylation sites is 1. The Morgan fingerprint density at radius 1 is 0.900 bits per heavy atom. The van der Waals surface area contributed by atoms with E-state index in [1.54, 1.807) is 9.25 Å². The monoisotopic (exact) mass is 528 g/mol. The van der Waals surface area contributed by atoms with Crippen molar-refractivity contribution in [1.82, 2.24) is 29.3 Å². The maximum atomic E-state index is 14.0. The lowest BCUT2D eigenvalue weighted by Gasteiger charge is -2.17. The fourth-order valence-corrected chi connectivity index (χ4v) is 5.37. The Hall–Kier alpha value is -5.51. The van der Waals surface area contributed by atoms with Crippen LogP contribution in [0.2, 0.25) is 0 Å². The summed E-state index contributed by atoms with van der Waals surface area (Å²) in [4.78, 5) is 27.0. The van der Waals surface area contributed by atoms with Gasteiger partial charge >= 0.3 is 0 Å². The third-order valence-electron chi connectivity index (χ3n) is 7.24. The Kier molecular flexibility index (Phi) is 5.17. The number of anilines is 2. The second kappa shape index (κ2) is 8.77. The van der Waals surface area contributed by atoms with Crippen molar-refractivity contribution in [2.24, 2.45) is 0 Å². The summed E-state index contributed by atoms with van der Waals surface area (Å²) in [5, 5.41) is 7.10. The predicted octanol–water partition coefficient (Wildman–Crippen LogP) is 4.77. The van der Waals surface area contributed by atoms with Gasteiger partial charge in [0.2, 0.25) is 0 Å². The van der Waals surface area contributed by atoms with Crippen molar-refractivity contribution in [3.63, 3.8) is 0 Å². The van der Waals surface area contributed by atoms with Gasteiger partial charge in [0.1, 0.15) is 23.4 Å². The van der Waals surface area contributed by atoms with E-state index in [9.17, 15) is 4.79 Å². The molecule has 0 bridgehead atoms. The van der Waals surface area contributed by atoms with Crippen LogP contribution < -0.4 is 17.0 Å². The highest BCUT2D eigenvalue weighted by Crippen LogP contribution is 2.33. The highest BCUT2D eigenvalue weighted by Gasteiger charge is 2.21. The van der Waals surface area contributed by atoms with E-state index in [-0.39, 0.29) is 18.1 Å². The van der Waals surface area contributed by atoms with Crippen LogP contribution in [0.3, 0.4) is 0 Å². The first-order valence-corrected chi connectivity index (χ1v) is 12.7. The molecular weight excluding hydrogens is 504 g/mol. The van der Waals surface area contributed by atoms with E-state index in [0.717, 1.165) is 33.5 Å². The van der Waals surface area contributed by atoms with E-state index in [4.69, 9.17) is 21.0 Å². The Bertz CT molecular complexity index is 2170. The van der Waals surface area contributed by atoms with Crippen molar-refractivity contribution < 1.29 is 4.42 Å². The first-order valence-electron chi connectivity index (χ1n) is 12.7. The van der Waals surface area contributed by atoms with E-state index in [2.05, 4.69) is 15.0 Å². The number of aromatic nitrogens is 6. The first-order chi connectivity index (χ1) is 19.4. The number of oxazole rings is 1. The molecule has 0 saturated carbocycles. The average molecular weight is 529 g/mol. The smallest absolute Gasteiger partial charge is 0.292 e. The van der Waals surface area contributed by atoms with Gasteiger partial charge in [0.25, 0.3) is 11.6 Å². The zero-order valence-corrected chi connectivity index (χ0v) is 21.8. The molecule has 0 spiro atoms. The largest absolute Gasteiger partial charge is 0.424 e. The lowest BCUT2D eigenvalue weighted by atomic mass is 10.1. The molecule has 7 aromatic rings. The Labute approximate surface area is 227 Å². The van der Waals surface area contributed by atoms with Gasteiger partial charge in [-0.05, 0) is 54.6 Å². The zero-order chi connectivity index (χ0) is 27.5. The van der Waals surface area contributed by atoms with E-state index < -0.39 is 0 Å². The number of nitrogens with two attached hydrogens (primary N) is 2. The minimum Gasteiger partial charge on any atom is -0.424 e. The van der Waals surface area contributed by atoms with Crippen LogP contribution in [-0.4, -0.2) is 29.3 Å². The summed E-state index contributed by atoms with van der Waals surface area (Å²) in [6.07, 6.45) is 1.41. The molecule has 0 fully saturated rings. The maximum absolute atomic E-state index is 14.0. The van der Waals surface area contributed by atoms with Crippen LogP contribution in [-0.2, 0) is 6.54 Å². The van der Waals surface area contributed by atoms with Gasteiger partial charge in [-0.2, -0.15) is 10.1 Å². The Morgan fingerprint density at radius 2 is 1.73 bits per heavy atom. The molecule has 0 radical (unpaired) electrons. The number of rotatable bonds is 4. The number of nitrogen functional groups attached to an aromatic ring is 2. The highest BCUT2D eigenvalue weighted by molar-refractivity contribution is 5.99. The van der Waals surface area contributed by atoms with Crippen LogP contribution in [0, 0.1) is 13.8 Å². The molecule has 3 aromatic carbocycles. The second-order valence-electron chi connectivity index (χ2n) is 9.80. The maximum Gasteiger partial charge on any atom is 0.292 e. The fourth-order valence-electron chi connectivity index (χ4n) is 5.37. The van der Waals surface area contributed by atoms with E-state index in [1.807, 2.05) is 80.6 Å². The van der Waals surface area contributed by atoms with Crippen LogP contribution in [0.5, 0.6) is 0 Å². The van der Waals surface area contributed by atoms with Crippen LogP contribution in [0.25, 0.3) is 49.9 Å². The number of benzene rings is 3. The summed E-state index contributed by atoms with van der Waals surface area (Å²) in [6.45, 7) is 4.21. The van der Waals surface area contributed by atoms with Crippen molar-refractivity contribution in [3.05, 3.63) is 100 Å². The third kappa shape index (κ3) is 3.61. The topological polar surface area (TPSA) is 144 Å². The molecule has 0 atom stereocenters. The number of nitrogens with zero attached hydrogens (tertiary/aromatic N) is 6. The van der Waals surface area contributed by atoms with Crippen LogP contribution >= 0.6 is 0 Å². The minimum atomic E-state index is -0.0842. The Morgan fingerprint density at radius 3 is 2.58 bits per heavy atom. The Balaban J connectivity index is 1.47. The number of hydrogen-bond acceptors (Lipinski definition) is 8. The molecule has 40 heavy (non-hydrogen) atoms. The van der Waals surface area contributed by atoms with Gasteiger partial charge in [-0.1, -0.05) is 42.5 Å². The van der Waals surface area contributed by atoms with Gasteiger partial charge in [0.05, 0.1) is 23.0 Å². The van der Waals surface area contributed by atoms with Gasteiger partial charge < -0.3 is 15.9 Å². The molecule has 196 valence electrons. The van der Waals surface area contributed by atoms with Crippen LogP contribution in [0.15, 0.2) is 82.3 Å². The lowest BCUT2D eigenvalue weighted by Crippen LogP contribution is -2.25. The zero-order valence-electron chi connectivity index (χ0n) is 21.8. The van der Waals surface area contributed by atoms with Crippen LogP contribution in [0.4, 0.5) is 11.8 Å². The standard InChI is InChI=1S/C30H24N8O2/c1-16-6-3-4-9-22(16)38-20(12-18-8-5-7-17(2)24(18)29(38)39)14-37-28-25(27(31)33-15-34-28)26(36-37)19-10-11-21-23(13-19)40-30(32)35-21/h3-13,15H,14H2,1-2H3,(H2,32,35)(H2,31,33,34). The summed E-state index contributed by atoms with van der Waals surface area (Å²) in [5.41, 5.74) is 18.6. The SMILES string of the molecule is Cc1ccccc1-n1c(Cn2nc(-c3ccc4nc(N)oc4c3)c3c(N)ncnc32)cc2cccc(C)c2c1=O. The molecule has 0 aliphatic carbocycles. The molecule has 0 aliphatic rings. The highest BCUT2D eigenvalue weighted by atomic mass is 16.4. The van der Waals surface area contributed by atoms with Crippen molar-refractivity contribution >= 4 is 44.7 Å². The normalized spacial score (nSPS) is 11.7. The molecule has 4 heterocycles. The molecule has 7 rings (SSSR count). The molecule has 0 unspecified atom stereocenters. The minimum absolute atomic E-state index is 0.0842. The summed E-state index contributed by atoms with van der Waals surface area (Å²) in [5.74, 6) is 0.300. The van der Waals surface area contributed by atoms with Crippen molar-refractivity contribution in [2.75, 3.05) is 11.5 Å². The quantitative estimate of drug-likeness (QED) is 0.333. The molecule has 0 aliphatic heterocycles. The number of aryl methyl sites for hydroxylation is 2. The predicted molar refractivity (Wildman–Crippen MR) is 155 cm³/mol. The van der Waals surface area contributed by atoms with Gasteiger partial charge in [-0.15, -0.1) is 0 Å². The average Bonchev–Trinajstić information content (AvgIpc) is 3.49. The number of pyridine rings is 1. The summed E-state index contributed by atoms with van der Waals surface area (Å²) in [6, 6.07) is 21.4. The number of fused-ring (bicyclic) bond motifs is 3. The summed E-state index contributed by atoms with van der Waals surface area (Å²) in [7, 11) is 0. The van der Waals surface area contributed by atoms with E-state index in [1.165, 1.54) is 6.33 Å². The second-order valence-corrected chi connectivity index (χ2v) is 9.80. The fraction of sp³-hybridized carbons (Fsp3) is 0.100. The van der Waals surface area contributed by atoms with Gasteiger partial charge in [0, 0.05) is 11.3 Å². The molecule has 10 heteroatoms. The van der Waals surface area contributed by atoms with E-state index >= 15 is 0 Å². The van der Waals surface area contributed by atoms with Crippen molar-refractivity contribution in [2.45, 2.75) is 20.4 Å². The van der Waals surface area contributed by atoms with Crippen molar-refractivity contribution in [1.29, 1.82) is 0 Å². The summed E-state index contributed by atoms with van der Waals surface area (Å²) < 4.78 is 9.07. The lowest BCUT2D eigenvalue weighted by molar-refractivity contribution is 0.626. The molecular formula is C30H24N8O2. The van der Waals surface area contributed by atoms with Gasteiger partial charge in [-0.3, -0.25) is 9.36 Å². The molecule has 0 saturated heterocycles. The van der Waals surface area contributed by atoms with Crippen LogP contribution in [0.1, 0.15) is 16.8 Å². The number of hydrogen-bond donors (Lipinski definition) is 2. The first kappa shape index (κ1) is 23.6. The van der Waals surface area contributed by atoms with Gasteiger partial charge in [0.15, 0.2) is 11.2 Å². The molecule has 4 aromatic heterocycles. The third-order valence-corrected chi connectivity index (χ3v) is 7.24.